The highest BCUT2D eigenvalue weighted by Gasteiger charge is 2.28. The van der Waals surface area contributed by atoms with Gasteiger partial charge in [-0.25, -0.2) is 8.42 Å². The van der Waals surface area contributed by atoms with Gasteiger partial charge < -0.3 is 4.90 Å². The molecule has 0 unspecified atom stereocenters. The normalized spacial score (nSPS) is 17.8. The van der Waals surface area contributed by atoms with Crippen molar-refractivity contribution in [2.45, 2.75) is 30.6 Å². The molecular weight excluding hydrogens is 320 g/mol. The first-order chi connectivity index (χ1) is 11.7. The maximum atomic E-state index is 13.1. The van der Waals surface area contributed by atoms with Crippen molar-refractivity contribution in [2.24, 2.45) is 0 Å². The van der Waals surface area contributed by atoms with Crippen LogP contribution in [0, 0.1) is 0 Å². The molecular formula is C19H22N2O2S. The lowest BCUT2D eigenvalue weighted by Crippen LogP contribution is -2.35. The quantitative estimate of drug-likeness (QED) is 0.858. The molecule has 0 atom stereocenters. The highest BCUT2D eigenvalue weighted by molar-refractivity contribution is 7.92. The maximum Gasteiger partial charge on any atom is 0.264 e. The Morgan fingerprint density at radius 2 is 1.50 bits per heavy atom. The monoisotopic (exact) mass is 342 g/mol. The van der Waals surface area contributed by atoms with Crippen molar-refractivity contribution in [1.82, 2.24) is 0 Å². The van der Waals surface area contributed by atoms with E-state index in [1.54, 1.807) is 16.4 Å². The SMILES string of the molecule is O=S(=O)(c1ccc(N2CCCC2)cc1)N1CCCc2ccccc21. The molecule has 2 aliphatic rings. The van der Waals surface area contributed by atoms with E-state index < -0.39 is 10.0 Å². The molecule has 0 aliphatic carbocycles. The molecule has 0 bridgehead atoms. The summed E-state index contributed by atoms with van der Waals surface area (Å²) in [6.07, 6.45) is 4.23. The average molecular weight is 342 g/mol. The molecule has 126 valence electrons. The third kappa shape index (κ3) is 2.67. The molecule has 0 aromatic heterocycles. The Bertz CT molecular complexity index is 825. The molecule has 4 rings (SSSR count). The van der Waals surface area contributed by atoms with E-state index in [-0.39, 0.29) is 0 Å². The van der Waals surface area contributed by atoms with E-state index >= 15 is 0 Å². The summed E-state index contributed by atoms with van der Waals surface area (Å²) in [6.45, 7) is 2.67. The number of fused-ring (bicyclic) bond motifs is 1. The summed E-state index contributed by atoms with van der Waals surface area (Å²) in [5.41, 5.74) is 3.05. The fourth-order valence-electron chi connectivity index (χ4n) is 3.68. The first-order valence-electron chi connectivity index (χ1n) is 8.62. The van der Waals surface area contributed by atoms with Crippen LogP contribution < -0.4 is 9.21 Å². The topological polar surface area (TPSA) is 40.6 Å². The number of benzene rings is 2. The van der Waals surface area contributed by atoms with Crippen LogP contribution in [0.3, 0.4) is 0 Å². The summed E-state index contributed by atoms with van der Waals surface area (Å²) in [5.74, 6) is 0. The lowest BCUT2D eigenvalue weighted by atomic mass is 10.0. The molecule has 0 spiro atoms. The first-order valence-corrected chi connectivity index (χ1v) is 10.1. The van der Waals surface area contributed by atoms with Crippen LogP contribution in [0.15, 0.2) is 53.4 Å². The van der Waals surface area contributed by atoms with E-state index in [4.69, 9.17) is 0 Å². The van der Waals surface area contributed by atoms with Crippen LogP contribution in [-0.4, -0.2) is 28.1 Å². The smallest absolute Gasteiger partial charge is 0.264 e. The minimum Gasteiger partial charge on any atom is -0.372 e. The van der Waals surface area contributed by atoms with Gasteiger partial charge >= 0.3 is 0 Å². The zero-order valence-electron chi connectivity index (χ0n) is 13.7. The summed E-state index contributed by atoms with van der Waals surface area (Å²) in [5, 5.41) is 0. The number of anilines is 2. The maximum absolute atomic E-state index is 13.1. The fraction of sp³-hybridized carbons (Fsp3) is 0.368. The van der Waals surface area contributed by atoms with Gasteiger partial charge in [-0.1, -0.05) is 18.2 Å². The lowest BCUT2D eigenvalue weighted by Gasteiger charge is -2.30. The molecule has 5 heteroatoms. The molecule has 0 saturated carbocycles. The van der Waals surface area contributed by atoms with E-state index in [0.29, 0.717) is 11.4 Å². The second-order valence-corrected chi connectivity index (χ2v) is 8.36. The molecule has 24 heavy (non-hydrogen) atoms. The zero-order valence-corrected chi connectivity index (χ0v) is 14.5. The van der Waals surface area contributed by atoms with Crippen molar-refractivity contribution in [3.63, 3.8) is 0 Å². The third-order valence-corrected chi connectivity index (χ3v) is 6.79. The highest BCUT2D eigenvalue weighted by Crippen LogP contribution is 2.32. The van der Waals surface area contributed by atoms with Crippen LogP contribution >= 0.6 is 0 Å². The van der Waals surface area contributed by atoms with Gasteiger partial charge in [0, 0.05) is 25.3 Å². The summed E-state index contributed by atoms with van der Waals surface area (Å²) < 4.78 is 27.8. The van der Waals surface area contributed by atoms with Crippen molar-refractivity contribution in [1.29, 1.82) is 0 Å². The first kappa shape index (κ1) is 15.5. The van der Waals surface area contributed by atoms with Crippen molar-refractivity contribution >= 4 is 21.4 Å². The second kappa shape index (κ2) is 6.13. The van der Waals surface area contributed by atoms with Crippen molar-refractivity contribution in [3.05, 3.63) is 54.1 Å². The average Bonchev–Trinajstić information content (AvgIpc) is 3.16. The molecule has 2 aromatic rings. The number of nitrogens with zero attached hydrogens (tertiary/aromatic N) is 2. The minimum absolute atomic E-state index is 0.377. The number of hydrogen-bond donors (Lipinski definition) is 0. The second-order valence-electron chi connectivity index (χ2n) is 6.50. The van der Waals surface area contributed by atoms with Gasteiger partial charge in [0.25, 0.3) is 10.0 Å². The number of aryl methyl sites for hydroxylation is 1. The predicted octanol–water partition coefficient (Wildman–Crippen LogP) is 3.43. The molecule has 2 heterocycles. The van der Waals surface area contributed by atoms with Crippen molar-refractivity contribution < 1.29 is 8.42 Å². The van der Waals surface area contributed by atoms with Gasteiger partial charge in [-0.15, -0.1) is 0 Å². The Balaban J connectivity index is 1.66. The molecule has 0 N–H and O–H groups in total. The van der Waals surface area contributed by atoms with Gasteiger partial charge in [0.1, 0.15) is 0 Å². The Morgan fingerprint density at radius 1 is 0.792 bits per heavy atom. The number of hydrogen-bond acceptors (Lipinski definition) is 3. The lowest BCUT2D eigenvalue weighted by molar-refractivity contribution is 0.586. The minimum atomic E-state index is -3.50. The molecule has 2 aromatic carbocycles. The number of para-hydroxylation sites is 1. The van der Waals surface area contributed by atoms with Crippen LogP contribution in [0.2, 0.25) is 0 Å². The van der Waals surface area contributed by atoms with Gasteiger partial charge in [0.15, 0.2) is 0 Å². The predicted molar refractivity (Wildman–Crippen MR) is 97.2 cm³/mol. The largest absolute Gasteiger partial charge is 0.372 e. The Morgan fingerprint density at radius 3 is 2.25 bits per heavy atom. The van der Waals surface area contributed by atoms with E-state index in [0.717, 1.165) is 42.9 Å². The van der Waals surface area contributed by atoms with Gasteiger partial charge in [-0.3, -0.25) is 4.31 Å². The summed E-state index contributed by atoms with van der Waals surface area (Å²) in [6, 6.07) is 15.2. The van der Waals surface area contributed by atoms with E-state index in [1.165, 1.54) is 12.8 Å². The van der Waals surface area contributed by atoms with Crippen LogP contribution in [0.4, 0.5) is 11.4 Å². The van der Waals surface area contributed by atoms with Crippen molar-refractivity contribution in [2.75, 3.05) is 28.8 Å². The van der Waals surface area contributed by atoms with Gasteiger partial charge in [-0.2, -0.15) is 0 Å². The van der Waals surface area contributed by atoms with Crippen LogP contribution in [-0.2, 0) is 16.4 Å². The van der Waals surface area contributed by atoms with E-state index in [1.807, 2.05) is 36.4 Å². The standard InChI is InChI=1S/C19H22N2O2S/c22-24(23,21-15-5-7-16-6-1-2-8-19(16)21)18-11-9-17(10-12-18)20-13-3-4-14-20/h1-2,6,8-12H,3-5,7,13-15H2. The summed E-state index contributed by atoms with van der Waals surface area (Å²) in [7, 11) is -3.50. The molecule has 0 amide bonds. The Kier molecular flexibility index (Phi) is 3.96. The van der Waals surface area contributed by atoms with Gasteiger partial charge in [-0.05, 0) is 61.6 Å². The summed E-state index contributed by atoms with van der Waals surface area (Å²) in [4.78, 5) is 2.69. The Labute approximate surface area is 143 Å². The highest BCUT2D eigenvalue weighted by atomic mass is 32.2. The van der Waals surface area contributed by atoms with Crippen LogP contribution in [0.1, 0.15) is 24.8 Å². The van der Waals surface area contributed by atoms with E-state index in [2.05, 4.69) is 4.90 Å². The number of sulfonamides is 1. The summed E-state index contributed by atoms with van der Waals surface area (Å²) >= 11 is 0. The number of rotatable bonds is 3. The molecule has 4 nitrogen and oxygen atoms in total. The van der Waals surface area contributed by atoms with E-state index in [9.17, 15) is 8.42 Å². The molecule has 1 saturated heterocycles. The zero-order chi connectivity index (χ0) is 16.6. The van der Waals surface area contributed by atoms with Crippen LogP contribution in [0.5, 0.6) is 0 Å². The molecule has 2 aliphatic heterocycles. The van der Waals surface area contributed by atoms with Gasteiger partial charge in [0.2, 0.25) is 0 Å². The molecule has 1 fully saturated rings. The van der Waals surface area contributed by atoms with Crippen LogP contribution in [0.25, 0.3) is 0 Å². The van der Waals surface area contributed by atoms with Gasteiger partial charge in [0.05, 0.1) is 10.6 Å². The Hall–Kier alpha value is -2.01. The third-order valence-electron chi connectivity index (χ3n) is 4.96. The van der Waals surface area contributed by atoms with Crippen molar-refractivity contribution in [3.8, 4) is 0 Å². The molecule has 0 radical (unpaired) electrons. The fourth-order valence-corrected chi connectivity index (χ4v) is 5.22.